The summed E-state index contributed by atoms with van der Waals surface area (Å²) < 4.78 is 39.3. The highest BCUT2D eigenvalue weighted by atomic mass is 31.1. The molecule has 35 heavy (non-hydrogen) atoms. The van der Waals surface area contributed by atoms with Crippen LogP contribution < -0.4 is 0 Å². The third kappa shape index (κ3) is 3.87. The fourth-order valence-corrected chi connectivity index (χ4v) is 18.6. The first-order valence-electron chi connectivity index (χ1n) is 13.6. The Balaban J connectivity index is 1.52. The van der Waals surface area contributed by atoms with Crippen LogP contribution in [0.25, 0.3) is 0 Å². The van der Waals surface area contributed by atoms with Crippen molar-refractivity contribution in [3.05, 3.63) is 0 Å². The van der Waals surface area contributed by atoms with Gasteiger partial charge in [0.25, 0.3) is 0 Å². The summed E-state index contributed by atoms with van der Waals surface area (Å²) in [6.07, 6.45) is 6.31. The van der Waals surface area contributed by atoms with Gasteiger partial charge in [-0.1, -0.05) is 57.4 Å². The number of hydrogen-bond acceptors (Lipinski definition) is 6. The molecule has 200 valence electrons. The van der Waals surface area contributed by atoms with Crippen LogP contribution in [0.15, 0.2) is 0 Å². The maximum atomic E-state index is 6.66. The molecule has 0 saturated carbocycles. The molecule has 6 aliphatic heterocycles. The lowest BCUT2D eigenvalue weighted by atomic mass is 9.78. The zero-order valence-corrected chi connectivity index (χ0v) is 24.9. The van der Waals surface area contributed by atoms with Gasteiger partial charge < -0.3 is 28.4 Å². The van der Waals surface area contributed by atoms with Gasteiger partial charge in [0.15, 0.2) is 17.4 Å². The quantitative estimate of drug-likeness (QED) is 0.380. The van der Waals surface area contributed by atoms with E-state index < -0.39 is 33.2 Å². The maximum Gasteiger partial charge on any atom is 0.170 e. The average molecular weight is 529 g/mol. The Kier molecular flexibility index (Phi) is 5.80. The normalized spacial score (nSPS) is 48.7. The Hall–Kier alpha value is 0.620. The Morgan fingerprint density at radius 1 is 0.514 bits per heavy atom. The zero-order chi connectivity index (χ0) is 25.1. The molecule has 4 unspecified atom stereocenters. The Morgan fingerprint density at radius 3 is 1.20 bits per heavy atom. The van der Waals surface area contributed by atoms with Gasteiger partial charge in [-0.25, -0.2) is 0 Å². The van der Waals surface area contributed by atoms with E-state index in [1.54, 1.807) is 0 Å². The summed E-state index contributed by atoms with van der Waals surface area (Å²) in [7, 11) is -0.910. The first-order valence-corrected chi connectivity index (χ1v) is 16.7. The second kappa shape index (κ2) is 7.85. The first-order chi connectivity index (χ1) is 16.1. The summed E-state index contributed by atoms with van der Waals surface area (Å²) in [5.41, 5.74) is 0. The second-order valence-corrected chi connectivity index (χ2v) is 20.9. The van der Waals surface area contributed by atoms with Crippen LogP contribution in [-0.4, -0.2) is 88.9 Å². The SMILES string of the molecule is CC1(C)O[C@H]2CP3C(C)(C)CC4(CC3(C)C3(C)CC5(CC(C)(C)P3C[C@@H]2O1)OCCO5)OCCO4. The van der Waals surface area contributed by atoms with E-state index in [9.17, 15) is 0 Å². The minimum Gasteiger partial charge on any atom is -0.347 e. The van der Waals surface area contributed by atoms with Crippen LogP contribution in [0.3, 0.4) is 0 Å². The van der Waals surface area contributed by atoms with Crippen molar-refractivity contribution in [1.82, 2.24) is 0 Å². The molecule has 6 nitrogen and oxygen atoms in total. The Morgan fingerprint density at radius 2 is 0.857 bits per heavy atom. The number of fused-ring (bicyclic) bond motifs is 4. The highest BCUT2D eigenvalue weighted by Gasteiger charge is 2.71. The second-order valence-electron chi connectivity index (χ2n) is 14.0. The van der Waals surface area contributed by atoms with Crippen molar-refractivity contribution in [3.8, 4) is 0 Å². The highest BCUT2D eigenvalue weighted by molar-refractivity contribution is 7.66. The van der Waals surface area contributed by atoms with Gasteiger partial charge >= 0.3 is 0 Å². The molecule has 0 aromatic rings. The fraction of sp³-hybridized carbons (Fsp3) is 1.00. The molecular formula is C27H46O6P2. The van der Waals surface area contributed by atoms with Gasteiger partial charge in [0, 0.05) is 36.0 Å². The zero-order valence-electron chi connectivity index (χ0n) is 23.1. The number of hydrogen-bond donors (Lipinski definition) is 0. The van der Waals surface area contributed by atoms with E-state index in [1.807, 2.05) is 0 Å². The smallest absolute Gasteiger partial charge is 0.170 e. The molecule has 0 radical (unpaired) electrons. The summed E-state index contributed by atoms with van der Waals surface area (Å²) in [6.45, 7) is 22.1. The minimum absolute atomic E-state index is 0.0428. The molecule has 2 spiro atoms. The predicted molar refractivity (Wildman–Crippen MR) is 140 cm³/mol. The van der Waals surface area contributed by atoms with E-state index in [1.165, 1.54) is 0 Å². The first kappa shape index (κ1) is 25.9. The monoisotopic (exact) mass is 528 g/mol. The molecule has 0 amide bonds. The molecule has 6 rings (SSSR count). The van der Waals surface area contributed by atoms with Gasteiger partial charge in [-0.05, 0) is 36.5 Å². The lowest BCUT2D eigenvalue weighted by molar-refractivity contribution is -0.196. The predicted octanol–water partition coefficient (Wildman–Crippen LogP) is 5.63. The molecule has 0 N–H and O–H groups in total. The molecule has 6 fully saturated rings. The van der Waals surface area contributed by atoms with Crippen LogP contribution in [0.2, 0.25) is 0 Å². The van der Waals surface area contributed by atoms with Crippen LogP contribution in [0, 0.1) is 0 Å². The van der Waals surface area contributed by atoms with Crippen LogP contribution in [0.1, 0.15) is 81.1 Å². The molecule has 0 aromatic heterocycles. The lowest BCUT2D eigenvalue weighted by Gasteiger charge is -2.70. The van der Waals surface area contributed by atoms with E-state index >= 15 is 0 Å². The van der Waals surface area contributed by atoms with Crippen molar-refractivity contribution in [2.75, 3.05) is 38.8 Å². The van der Waals surface area contributed by atoms with Crippen LogP contribution >= 0.6 is 15.8 Å². The molecule has 6 heterocycles. The summed E-state index contributed by atoms with van der Waals surface area (Å²) in [5.74, 6) is -1.47. The topological polar surface area (TPSA) is 55.4 Å². The van der Waals surface area contributed by atoms with Gasteiger partial charge in [-0.15, -0.1) is 0 Å². The maximum absolute atomic E-state index is 6.66. The Labute approximate surface area is 214 Å². The molecule has 6 saturated heterocycles. The van der Waals surface area contributed by atoms with Crippen molar-refractivity contribution in [2.45, 2.75) is 131 Å². The average Bonchev–Trinajstić information content (AvgIpc) is 3.40. The summed E-state index contributed by atoms with van der Waals surface area (Å²) in [6, 6.07) is 0. The van der Waals surface area contributed by atoms with Crippen molar-refractivity contribution in [3.63, 3.8) is 0 Å². The Bertz CT molecular complexity index is 796. The largest absolute Gasteiger partial charge is 0.347 e. The lowest BCUT2D eigenvalue weighted by Crippen LogP contribution is -2.67. The van der Waals surface area contributed by atoms with E-state index in [4.69, 9.17) is 28.4 Å². The molecular weight excluding hydrogens is 482 g/mol. The molecule has 8 heteroatoms. The molecule has 6 atom stereocenters. The summed E-state index contributed by atoms with van der Waals surface area (Å²) in [5, 5.41) is 0.282. The van der Waals surface area contributed by atoms with Crippen molar-refractivity contribution >= 4 is 15.8 Å². The van der Waals surface area contributed by atoms with Crippen LogP contribution in [-0.2, 0) is 28.4 Å². The van der Waals surface area contributed by atoms with E-state index in [0.29, 0.717) is 26.4 Å². The highest BCUT2D eigenvalue weighted by Crippen LogP contribution is 2.83. The van der Waals surface area contributed by atoms with E-state index in [2.05, 4.69) is 55.4 Å². The van der Waals surface area contributed by atoms with Crippen LogP contribution in [0.5, 0.6) is 0 Å². The van der Waals surface area contributed by atoms with Gasteiger partial charge in [-0.3, -0.25) is 0 Å². The molecule has 0 aromatic carbocycles. The van der Waals surface area contributed by atoms with E-state index in [-0.39, 0.29) is 32.8 Å². The third-order valence-electron chi connectivity index (χ3n) is 10.1. The fourth-order valence-electron chi connectivity index (χ4n) is 9.05. The minimum atomic E-state index is -0.519. The molecule has 0 bridgehead atoms. The van der Waals surface area contributed by atoms with Gasteiger partial charge in [0.1, 0.15) is 0 Å². The van der Waals surface area contributed by atoms with E-state index in [0.717, 1.165) is 38.0 Å². The number of rotatable bonds is 0. The van der Waals surface area contributed by atoms with Crippen molar-refractivity contribution < 1.29 is 28.4 Å². The number of ether oxygens (including phenoxy) is 6. The molecule has 6 aliphatic rings. The van der Waals surface area contributed by atoms with Crippen molar-refractivity contribution in [2.24, 2.45) is 0 Å². The van der Waals surface area contributed by atoms with Gasteiger partial charge in [0.05, 0.1) is 38.6 Å². The van der Waals surface area contributed by atoms with Crippen LogP contribution in [0.4, 0.5) is 0 Å². The third-order valence-corrected chi connectivity index (χ3v) is 18.6. The molecule has 0 aliphatic carbocycles. The van der Waals surface area contributed by atoms with Gasteiger partial charge in [-0.2, -0.15) is 0 Å². The van der Waals surface area contributed by atoms with Gasteiger partial charge in [0.2, 0.25) is 0 Å². The standard InChI is InChI=1S/C27H46O6P2/c1-21(2)15-26(28-9-10-29-26)17-24(7)25(8)18-27(30-11-12-31-27)16-22(3,4)35(25)14-20-19(13-34(21)24)32-23(5,6)33-20/h19-20H,9-18H2,1-8H3/t19-,20-,24?,25?,34?,35?/m0/s1. The summed E-state index contributed by atoms with van der Waals surface area (Å²) >= 11 is 0. The summed E-state index contributed by atoms with van der Waals surface area (Å²) in [4.78, 5) is 0. The van der Waals surface area contributed by atoms with Crippen molar-refractivity contribution in [1.29, 1.82) is 0 Å².